The Hall–Kier alpha value is -1.07. The van der Waals surface area contributed by atoms with Gasteiger partial charge >= 0.3 is 6.18 Å². The van der Waals surface area contributed by atoms with Gasteiger partial charge in [0.1, 0.15) is 0 Å². The molecule has 0 unspecified atom stereocenters. The largest absolute Gasteiger partial charge is 0.437 e. The number of aryl methyl sites for hydroxylation is 1. The van der Waals surface area contributed by atoms with Crippen LogP contribution in [0.2, 0.25) is 0 Å². The van der Waals surface area contributed by atoms with Crippen LogP contribution >= 0.6 is 0 Å². The fraction of sp³-hybridized carbons (Fsp3) is 0.857. The van der Waals surface area contributed by atoms with E-state index in [1.165, 1.54) is 4.68 Å². The van der Waals surface area contributed by atoms with Gasteiger partial charge in [-0.15, -0.1) is 5.10 Å². The third kappa shape index (κ3) is 5.13. The number of unbranched alkanes of at least 4 members (excludes halogenated alkanes) is 3. The van der Waals surface area contributed by atoms with Gasteiger partial charge in [0.2, 0.25) is 0 Å². The van der Waals surface area contributed by atoms with Crippen LogP contribution in [0.15, 0.2) is 0 Å². The van der Waals surface area contributed by atoms with Gasteiger partial charge in [0, 0.05) is 6.54 Å². The van der Waals surface area contributed by atoms with E-state index in [0.717, 1.165) is 25.7 Å². The molecular weight excluding hydrogens is 267 g/mol. The molecule has 1 aromatic heterocycles. The third-order valence-electron chi connectivity index (χ3n) is 3.03. The fourth-order valence-corrected chi connectivity index (χ4v) is 2.10. The number of halogens is 3. The van der Waals surface area contributed by atoms with Crippen LogP contribution in [0, 0.1) is 5.41 Å². The van der Waals surface area contributed by atoms with E-state index in [0.29, 0.717) is 13.0 Å². The van der Waals surface area contributed by atoms with E-state index in [2.05, 4.69) is 17.2 Å². The molecule has 0 N–H and O–H groups in total. The Morgan fingerprint density at radius 3 is 2.20 bits per heavy atom. The molecule has 0 aromatic carbocycles. The summed E-state index contributed by atoms with van der Waals surface area (Å²) in [5, 5.41) is 7.07. The predicted molar refractivity (Wildman–Crippen MR) is 72.3 cm³/mol. The molecule has 20 heavy (non-hydrogen) atoms. The number of nitrogens with zero attached hydrogens (tertiary/aromatic N) is 3. The predicted octanol–water partition coefficient (Wildman–Crippen LogP) is 4.47. The Labute approximate surface area is 118 Å². The molecule has 3 nitrogen and oxygen atoms in total. The number of aromatic nitrogens is 3. The fourth-order valence-electron chi connectivity index (χ4n) is 2.10. The molecule has 0 fully saturated rings. The van der Waals surface area contributed by atoms with Gasteiger partial charge < -0.3 is 0 Å². The first-order valence-corrected chi connectivity index (χ1v) is 7.14. The van der Waals surface area contributed by atoms with Crippen molar-refractivity contribution in [2.45, 2.75) is 72.5 Å². The minimum Gasteiger partial charge on any atom is -0.249 e. The molecule has 0 bridgehead atoms. The van der Waals surface area contributed by atoms with Crippen molar-refractivity contribution in [2.24, 2.45) is 5.41 Å². The molecule has 1 rings (SSSR count). The van der Waals surface area contributed by atoms with Gasteiger partial charge in [-0.25, -0.2) is 4.68 Å². The number of rotatable bonds is 6. The maximum Gasteiger partial charge on any atom is 0.437 e. The first-order valence-electron chi connectivity index (χ1n) is 7.14. The van der Waals surface area contributed by atoms with E-state index in [4.69, 9.17) is 0 Å². The maximum absolute atomic E-state index is 13.0. The van der Waals surface area contributed by atoms with Crippen LogP contribution in [0.25, 0.3) is 0 Å². The first kappa shape index (κ1) is 17.0. The lowest BCUT2D eigenvalue weighted by molar-refractivity contribution is -0.142. The van der Waals surface area contributed by atoms with Crippen molar-refractivity contribution < 1.29 is 13.2 Å². The van der Waals surface area contributed by atoms with Crippen molar-refractivity contribution in [1.82, 2.24) is 15.0 Å². The number of hydrogen-bond acceptors (Lipinski definition) is 2. The lowest BCUT2D eigenvalue weighted by Crippen LogP contribution is -2.18. The normalized spacial score (nSPS) is 12.9. The molecule has 0 aliphatic heterocycles. The van der Waals surface area contributed by atoms with Gasteiger partial charge in [0.25, 0.3) is 0 Å². The topological polar surface area (TPSA) is 30.7 Å². The Bertz CT molecular complexity index is 416. The second-order valence-electron chi connectivity index (χ2n) is 6.40. The van der Waals surface area contributed by atoms with Gasteiger partial charge in [-0.3, -0.25) is 0 Å². The van der Waals surface area contributed by atoms with Crippen molar-refractivity contribution in [3.05, 3.63) is 11.4 Å². The molecule has 0 amide bonds. The van der Waals surface area contributed by atoms with Crippen LogP contribution in [-0.4, -0.2) is 15.0 Å². The summed E-state index contributed by atoms with van der Waals surface area (Å²) in [4.78, 5) is 0. The molecule has 0 radical (unpaired) electrons. The summed E-state index contributed by atoms with van der Waals surface area (Å²) in [6.07, 6.45) is -0.0708. The summed E-state index contributed by atoms with van der Waals surface area (Å²) in [5.74, 6) is 0. The number of alkyl halides is 3. The molecule has 0 aliphatic carbocycles. The standard InChI is InChI=1S/C14H24F3N3/c1-5-6-7-8-9-20-11(10-13(2,3)4)12(18-19-20)14(15,16)17/h5-10H2,1-4H3. The van der Waals surface area contributed by atoms with E-state index in [1.54, 1.807) is 0 Å². The summed E-state index contributed by atoms with van der Waals surface area (Å²) in [7, 11) is 0. The summed E-state index contributed by atoms with van der Waals surface area (Å²) >= 11 is 0. The Morgan fingerprint density at radius 2 is 1.70 bits per heavy atom. The van der Waals surface area contributed by atoms with E-state index >= 15 is 0 Å². The highest BCUT2D eigenvalue weighted by Gasteiger charge is 2.39. The second kappa shape index (κ2) is 6.59. The smallest absolute Gasteiger partial charge is 0.249 e. The van der Waals surface area contributed by atoms with Gasteiger partial charge in [-0.05, 0) is 18.3 Å². The minimum atomic E-state index is -4.43. The molecule has 0 spiro atoms. The molecule has 1 aromatic rings. The Morgan fingerprint density at radius 1 is 1.05 bits per heavy atom. The summed E-state index contributed by atoms with van der Waals surface area (Å²) < 4.78 is 40.3. The lowest BCUT2D eigenvalue weighted by Gasteiger charge is -2.20. The van der Waals surface area contributed by atoms with Crippen molar-refractivity contribution in [2.75, 3.05) is 0 Å². The molecule has 0 saturated heterocycles. The highest BCUT2D eigenvalue weighted by atomic mass is 19.4. The minimum absolute atomic E-state index is 0.210. The SMILES string of the molecule is CCCCCCn1nnc(C(F)(F)F)c1CC(C)(C)C. The Balaban J connectivity index is 2.91. The van der Waals surface area contributed by atoms with Crippen LogP contribution in [0.1, 0.15) is 64.8 Å². The zero-order valence-electron chi connectivity index (χ0n) is 12.7. The van der Waals surface area contributed by atoms with Gasteiger partial charge in [-0.2, -0.15) is 13.2 Å². The molecule has 1 heterocycles. The van der Waals surface area contributed by atoms with Crippen molar-refractivity contribution >= 4 is 0 Å². The lowest BCUT2D eigenvalue weighted by atomic mass is 9.89. The van der Waals surface area contributed by atoms with Crippen molar-refractivity contribution in [3.8, 4) is 0 Å². The van der Waals surface area contributed by atoms with Crippen molar-refractivity contribution in [1.29, 1.82) is 0 Å². The average Bonchev–Trinajstić information content (AvgIpc) is 2.65. The molecule has 116 valence electrons. The van der Waals surface area contributed by atoms with Gasteiger partial charge in [0.15, 0.2) is 5.69 Å². The highest BCUT2D eigenvalue weighted by Crippen LogP contribution is 2.33. The molecule has 0 aliphatic rings. The van der Waals surface area contributed by atoms with E-state index in [-0.39, 0.29) is 11.1 Å². The average molecular weight is 291 g/mol. The van der Waals surface area contributed by atoms with Crippen LogP contribution in [0.5, 0.6) is 0 Å². The van der Waals surface area contributed by atoms with Crippen LogP contribution in [0.4, 0.5) is 13.2 Å². The maximum atomic E-state index is 13.0. The van der Waals surface area contributed by atoms with Crippen LogP contribution < -0.4 is 0 Å². The summed E-state index contributed by atoms with van der Waals surface area (Å²) in [6, 6.07) is 0. The monoisotopic (exact) mass is 291 g/mol. The molecular formula is C14H24F3N3. The second-order valence-corrected chi connectivity index (χ2v) is 6.40. The quantitative estimate of drug-likeness (QED) is 0.724. The zero-order chi connectivity index (χ0) is 15.4. The Kier molecular flexibility index (Phi) is 5.59. The van der Waals surface area contributed by atoms with Gasteiger partial charge in [0.05, 0.1) is 5.69 Å². The van der Waals surface area contributed by atoms with E-state index < -0.39 is 11.9 Å². The molecule has 0 atom stereocenters. The summed E-state index contributed by atoms with van der Waals surface area (Å²) in [6.45, 7) is 8.36. The molecule has 0 saturated carbocycles. The summed E-state index contributed by atoms with van der Waals surface area (Å²) in [5.41, 5.74) is -0.854. The van der Waals surface area contributed by atoms with E-state index in [1.807, 2.05) is 20.8 Å². The first-order chi connectivity index (χ1) is 9.15. The number of hydrogen-bond donors (Lipinski definition) is 0. The van der Waals surface area contributed by atoms with Gasteiger partial charge in [-0.1, -0.05) is 52.2 Å². The van der Waals surface area contributed by atoms with Crippen LogP contribution in [-0.2, 0) is 19.1 Å². The van der Waals surface area contributed by atoms with Crippen LogP contribution in [0.3, 0.4) is 0 Å². The van der Waals surface area contributed by atoms with Crippen molar-refractivity contribution in [3.63, 3.8) is 0 Å². The zero-order valence-corrected chi connectivity index (χ0v) is 12.7. The highest BCUT2D eigenvalue weighted by molar-refractivity contribution is 5.15. The molecule has 6 heteroatoms. The van der Waals surface area contributed by atoms with E-state index in [9.17, 15) is 13.2 Å². The third-order valence-corrected chi connectivity index (χ3v) is 3.03.